The Kier molecular flexibility index (Phi) is 5.72. The number of para-hydroxylation sites is 1. The number of hydrogen-bond acceptors (Lipinski definition) is 5. The molecule has 3 N–H and O–H groups in total. The number of nitrogens with zero attached hydrogens (tertiary/aromatic N) is 2. The van der Waals surface area contributed by atoms with Crippen LogP contribution in [0.1, 0.15) is 35.1 Å². The first kappa shape index (κ1) is 17.9. The van der Waals surface area contributed by atoms with Gasteiger partial charge in [0.1, 0.15) is 18.5 Å². The van der Waals surface area contributed by atoms with E-state index in [9.17, 15) is 15.0 Å². The summed E-state index contributed by atoms with van der Waals surface area (Å²) in [5, 5.41) is 26.7. The molecule has 1 amide bonds. The van der Waals surface area contributed by atoms with Gasteiger partial charge in [-0.3, -0.25) is 9.48 Å². The van der Waals surface area contributed by atoms with Gasteiger partial charge in [0.05, 0.1) is 16.3 Å². The quantitative estimate of drug-likeness (QED) is 0.673. The molecular formula is C17H20BrN3O4. The summed E-state index contributed by atoms with van der Waals surface area (Å²) in [6, 6.07) is 8.94. The van der Waals surface area contributed by atoms with Crippen LogP contribution in [0.25, 0.3) is 0 Å². The number of ether oxygens (including phenoxy) is 1. The second-order valence-corrected chi connectivity index (χ2v) is 6.80. The number of fused-ring (bicyclic) bond motifs is 1. The zero-order chi connectivity index (χ0) is 17.8. The first-order chi connectivity index (χ1) is 12.0. The maximum Gasteiger partial charge on any atom is 0.271 e. The van der Waals surface area contributed by atoms with Gasteiger partial charge in [-0.1, -0.05) is 12.1 Å². The lowest BCUT2D eigenvalue weighted by Crippen LogP contribution is -2.35. The Balaban J connectivity index is 1.49. The number of carbonyl (C=O) groups is 1. The van der Waals surface area contributed by atoms with E-state index in [-0.39, 0.29) is 24.8 Å². The summed E-state index contributed by atoms with van der Waals surface area (Å²) in [6.45, 7) is 0.803. The molecule has 2 aromatic rings. The van der Waals surface area contributed by atoms with Crippen molar-refractivity contribution in [2.45, 2.75) is 31.6 Å². The molecule has 2 unspecified atom stereocenters. The molecule has 0 aliphatic carbocycles. The molecule has 1 aromatic carbocycles. The van der Waals surface area contributed by atoms with Gasteiger partial charge in [-0.15, -0.1) is 0 Å². The van der Waals surface area contributed by atoms with E-state index in [2.05, 4.69) is 26.3 Å². The van der Waals surface area contributed by atoms with Gasteiger partial charge in [0, 0.05) is 13.1 Å². The van der Waals surface area contributed by atoms with Crippen molar-refractivity contribution in [2.75, 3.05) is 13.2 Å². The fraction of sp³-hybridized carbons (Fsp3) is 0.412. The first-order valence-corrected chi connectivity index (χ1v) is 8.93. The van der Waals surface area contributed by atoms with Gasteiger partial charge in [-0.25, -0.2) is 0 Å². The third-order valence-corrected chi connectivity index (χ3v) is 4.65. The van der Waals surface area contributed by atoms with Crippen LogP contribution in [0.5, 0.6) is 5.75 Å². The van der Waals surface area contributed by atoms with Crippen molar-refractivity contribution < 1.29 is 19.7 Å². The number of aliphatic hydroxyl groups excluding tert-OH is 2. The molecule has 0 spiro atoms. The number of carbonyl (C=O) groups excluding carboxylic acids is 1. The maximum atomic E-state index is 12.2. The highest BCUT2D eigenvalue weighted by Gasteiger charge is 2.23. The summed E-state index contributed by atoms with van der Waals surface area (Å²) in [5.74, 6) is 0.248. The zero-order valence-corrected chi connectivity index (χ0v) is 15.1. The van der Waals surface area contributed by atoms with Crippen LogP contribution in [0.4, 0.5) is 0 Å². The summed E-state index contributed by atoms with van der Waals surface area (Å²) < 4.78 is 7.98. The molecule has 1 aliphatic heterocycles. The molecule has 2 atom stereocenters. The van der Waals surface area contributed by atoms with Gasteiger partial charge in [-0.2, -0.15) is 5.10 Å². The maximum absolute atomic E-state index is 12.2. The SMILES string of the molecule is O=C(NCC(O)COc1ccccc1Br)c1cc2n(n1)CCCC2O. The van der Waals surface area contributed by atoms with Crippen molar-refractivity contribution in [2.24, 2.45) is 0 Å². The second-order valence-electron chi connectivity index (χ2n) is 5.94. The first-order valence-electron chi connectivity index (χ1n) is 8.14. The van der Waals surface area contributed by atoms with E-state index in [0.29, 0.717) is 24.4 Å². The van der Waals surface area contributed by atoms with E-state index in [4.69, 9.17) is 4.74 Å². The van der Waals surface area contributed by atoms with E-state index in [1.807, 2.05) is 18.2 Å². The molecular weight excluding hydrogens is 390 g/mol. The van der Waals surface area contributed by atoms with Crippen LogP contribution in [-0.4, -0.2) is 45.2 Å². The third-order valence-electron chi connectivity index (χ3n) is 4.00. The molecule has 0 saturated carbocycles. The van der Waals surface area contributed by atoms with E-state index < -0.39 is 12.2 Å². The van der Waals surface area contributed by atoms with Gasteiger partial charge in [0.2, 0.25) is 0 Å². The van der Waals surface area contributed by atoms with E-state index >= 15 is 0 Å². The van der Waals surface area contributed by atoms with Crippen LogP contribution < -0.4 is 10.1 Å². The van der Waals surface area contributed by atoms with Gasteiger partial charge in [-0.05, 0) is 47.0 Å². The Bertz CT molecular complexity index is 749. The lowest BCUT2D eigenvalue weighted by Gasteiger charge is -2.18. The summed E-state index contributed by atoms with van der Waals surface area (Å²) in [4.78, 5) is 12.2. The predicted octanol–water partition coefficient (Wildman–Crippen LogP) is 1.64. The summed E-state index contributed by atoms with van der Waals surface area (Å²) in [7, 11) is 0. The van der Waals surface area contributed by atoms with Gasteiger partial charge in [0.25, 0.3) is 5.91 Å². The molecule has 1 aromatic heterocycles. The minimum Gasteiger partial charge on any atom is -0.490 e. The summed E-state index contributed by atoms with van der Waals surface area (Å²) >= 11 is 3.36. The molecule has 1 aliphatic rings. The van der Waals surface area contributed by atoms with Crippen LogP contribution in [0.15, 0.2) is 34.8 Å². The number of aryl methyl sites for hydroxylation is 1. The molecule has 0 saturated heterocycles. The lowest BCUT2D eigenvalue weighted by molar-refractivity contribution is 0.0838. The Morgan fingerprint density at radius 1 is 1.48 bits per heavy atom. The van der Waals surface area contributed by atoms with E-state index in [1.165, 1.54) is 0 Å². The second kappa shape index (κ2) is 7.99. The number of nitrogens with one attached hydrogen (secondary N) is 1. The summed E-state index contributed by atoms with van der Waals surface area (Å²) in [5.41, 5.74) is 0.907. The average molecular weight is 410 g/mol. The fourth-order valence-corrected chi connectivity index (χ4v) is 3.08. The predicted molar refractivity (Wildman–Crippen MR) is 94.4 cm³/mol. The minimum atomic E-state index is -0.848. The van der Waals surface area contributed by atoms with Crippen LogP contribution >= 0.6 is 15.9 Å². The lowest BCUT2D eigenvalue weighted by atomic mass is 10.1. The van der Waals surface area contributed by atoms with Crippen molar-refractivity contribution in [1.29, 1.82) is 0 Å². The molecule has 7 nitrogen and oxygen atoms in total. The van der Waals surface area contributed by atoms with Crippen molar-refractivity contribution in [3.05, 3.63) is 46.2 Å². The number of aliphatic hydroxyl groups is 2. The standard InChI is InChI=1S/C17H20BrN3O4/c18-12-4-1-2-6-16(12)25-10-11(22)9-19-17(24)13-8-14-15(23)5-3-7-21(14)20-13/h1-2,4,6,8,11,15,22-23H,3,5,7,9-10H2,(H,19,24). The topological polar surface area (TPSA) is 96.6 Å². The zero-order valence-electron chi connectivity index (χ0n) is 13.6. The van der Waals surface area contributed by atoms with Crippen molar-refractivity contribution in [3.8, 4) is 5.75 Å². The van der Waals surface area contributed by atoms with Gasteiger partial charge in [0.15, 0.2) is 5.69 Å². The molecule has 0 bridgehead atoms. The molecule has 0 radical (unpaired) electrons. The molecule has 3 rings (SSSR count). The Morgan fingerprint density at radius 2 is 2.28 bits per heavy atom. The van der Waals surface area contributed by atoms with Gasteiger partial charge >= 0.3 is 0 Å². The Hall–Kier alpha value is -1.90. The fourth-order valence-electron chi connectivity index (χ4n) is 2.68. The minimum absolute atomic E-state index is 0.0496. The highest BCUT2D eigenvalue weighted by Crippen LogP contribution is 2.25. The van der Waals surface area contributed by atoms with Crippen LogP contribution in [0, 0.1) is 0 Å². The molecule has 25 heavy (non-hydrogen) atoms. The third kappa shape index (κ3) is 4.39. The largest absolute Gasteiger partial charge is 0.490 e. The number of aromatic nitrogens is 2. The number of benzene rings is 1. The monoisotopic (exact) mass is 409 g/mol. The number of rotatable bonds is 6. The summed E-state index contributed by atoms with van der Waals surface area (Å²) in [6.07, 6.45) is 0.0878. The van der Waals surface area contributed by atoms with E-state index in [0.717, 1.165) is 10.9 Å². The number of hydrogen-bond donors (Lipinski definition) is 3. The van der Waals surface area contributed by atoms with Crippen LogP contribution in [0.3, 0.4) is 0 Å². The Labute approximate surface area is 153 Å². The average Bonchev–Trinajstić information content (AvgIpc) is 3.05. The van der Waals surface area contributed by atoms with Crippen molar-refractivity contribution in [1.82, 2.24) is 15.1 Å². The van der Waals surface area contributed by atoms with Crippen LogP contribution in [-0.2, 0) is 6.54 Å². The highest BCUT2D eigenvalue weighted by atomic mass is 79.9. The smallest absolute Gasteiger partial charge is 0.271 e. The number of halogens is 1. The van der Waals surface area contributed by atoms with Crippen molar-refractivity contribution in [3.63, 3.8) is 0 Å². The normalized spacial score (nSPS) is 17.6. The van der Waals surface area contributed by atoms with Crippen LogP contribution in [0.2, 0.25) is 0 Å². The molecule has 2 heterocycles. The molecule has 134 valence electrons. The molecule has 8 heteroatoms. The number of amides is 1. The van der Waals surface area contributed by atoms with Gasteiger partial charge < -0.3 is 20.3 Å². The Morgan fingerprint density at radius 3 is 3.04 bits per heavy atom. The van der Waals surface area contributed by atoms with E-state index in [1.54, 1.807) is 16.8 Å². The molecule has 0 fully saturated rings. The highest BCUT2D eigenvalue weighted by molar-refractivity contribution is 9.10. The van der Waals surface area contributed by atoms with Crippen molar-refractivity contribution >= 4 is 21.8 Å².